The molecule has 72 heavy (non-hydrogen) atoms. The Morgan fingerprint density at radius 2 is 0.792 bits per heavy atom. The third-order valence-electron chi connectivity index (χ3n) is 14.6. The maximum absolute atomic E-state index is 13.1. The Hall–Kier alpha value is -1.85. The average Bonchev–Trinajstić information content (AvgIpc) is 3.38. The summed E-state index contributed by atoms with van der Waals surface area (Å²) < 4.78 is 11.3. The quantitative estimate of drug-likeness (QED) is 0.0261. The van der Waals surface area contributed by atoms with E-state index in [1.807, 2.05) is 6.08 Å². The topological polar surface area (TPSA) is 149 Å². The highest BCUT2D eigenvalue weighted by Gasteiger charge is 2.44. The lowest BCUT2D eigenvalue weighted by Gasteiger charge is -2.40. The van der Waals surface area contributed by atoms with E-state index >= 15 is 0 Å². The zero-order valence-corrected chi connectivity index (χ0v) is 46.9. The lowest BCUT2D eigenvalue weighted by atomic mass is 9.99. The van der Waals surface area contributed by atoms with E-state index in [1.165, 1.54) is 225 Å². The fourth-order valence-corrected chi connectivity index (χ4v) is 9.72. The van der Waals surface area contributed by atoms with Gasteiger partial charge in [0.1, 0.15) is 24.4 Å². The van der Waals surface area contributed by atoms with Crippen molar-refractivity contribution in [2.45, 2.75) is 333 Å². The van der Waals surface area contributed by atoms with Gasteiger partial charge in [-0.15, -0.1) is 0 Å². The van der Waals surface area contributed by atoms with Gasteiger partial charge in [0, 0.05) is 6.42 Å². The van der Waals surface area contributed by atoms with Crippen molar-refractivity contribution in [3.63, 3.8) is 0 Å². The molecule has 0 bridgehead atoms. The molecule has 1 fully saturated rings. The van der Waals surface area contributed by atoms with Crippen molar-refractivity contribution in [3.8, 4) is 0 Å². The summed E-state index contributed by atoms with van der Waals surface area (Å²) in [7, 11) is 0. The van der Waals surface area contributed by atoms with Crippen molar-refractivity contribution in [1.82, 2.24) is 5.32 Å². The van der Waals surface area contributed by atoms with E-state index in [9.17, 15) is 30.3 Å². The number of ether oxygens (including phenoxy) is 2. The van der Waals surface area contributed by atoms with Crippen LogP contribution < -0.4 is 5.32 Å². The monoisotopic (exact) mass is 1020 g/mol. The first-order valence-electron chi connectivity index (χ1n) is 30.9. The molecule has 6 N–H and O–H groups in total. The second-order valence-corrected chi connectivity index (χ2v) is 21.5. The molecule has 1 aliphatic heterocycles. The van der Waals surface area contributed by atoms with Crippen molar-refractivity contribution >= 4 is 5.91 Å². The Bertz CT molecular complexity index is 1270. The predicted octanol–water partition coefficient (Wildman–Crippen LogP) is 15.7. The summed E-state index contributed by atoms with van der Waals surface area (Å²) in [5.74, 6) is -0.191. The molecule has 1 amide bonds. The molecule has 0 aliphatic carbocycles. The van der Waals surface area contributed by atoms with E-state index < -0.39 is 49.5 Å². The lowest BCUT2D eigenvalue weighted by Crippen LogP contribution is -2.60. The molecule has 0 spiro atoms. The van der Waals surface area contributed by atoms with Gasteiger partial charge in [0.15, 0.2) is 6.29 Å². The highest BCUT2D eigenvalue weighted by Crippen LogP contribution is 2.23. The highest BCUT2D eigenvalue weighted by molar-refractivity contribution is 5.76. The summed E-state index contributed by atoms with van der Waals surface area (Å²) in [5.41, 5.74) is 0. The second-order valence-electron chi connectivity index (χ2n) is 21.5. The Balaban J connectivity index is 2.22. The van der Waals surface area contributed by atoms with E-state index in [0.29, 0.717) is 6.42 Å². The second kappa shape index (κ2) is 52.6. The average molecular weight is 1020 g/mol. The molecule has 0 saturated carbocycles. The van der Waals surface area contributed by atoms with E-state index in [4.69, 9.17) is 9.47 Å². The number of rotatable bonds is 53. The first-order valence-corrected chi connectivity index (χ1v) is 30.9. The van der Waals surface area contributed by atoms with Crippen LogP contribution in [0.2, 0.25) is 0 Å². The standard InChI is InChI=1S/C63H117NO8/c1-3-5-7-9-11-13-15-17-19-21-23-24-25-26-27-28-29-30-31-32-33-35-36-38-40-42-44-46-48-50-52-57(66)56(55-71-63-62(70)61(69)60(68)58(54-65)72-63)64-59(67)53-51-49-47-45-43-41-39-37-34-22-20-18-16-14-12-10-8-6-4-2/h18,20,35-36,42,44,50,52,56-58,60-63,65-66,68-70H,3-17,19,21-34,37-41,43,45-49,51,53-55H2,1-2H3,(H,64,67)/b20-18-,36-35+,44-42+,52-50+. The molecule has 0 aromatic heterocycles. The normalized spacial score (nSPS) is 19.5. The fraction of sp³-hybridized carbons (Fsp3) is 0.857. The molecule has 0 radical (unpaired) electrons. The molecule has 9 heteroatoms. The van der Waals surface area contributed by atoms with Crippen LogP contribution in [-0.4, -0.2) is 87.5 Å². The zero-order valence-electron chi connectivity index (χ0n) is 46.9. The van der Waals surface area contributed by atoms with E-state index in [1.54, 1.807) is 6.08 Å². The molecule has 1 rings (SSSR count). The van der Waals surface area contributed by atoms with Gasteiger partial charge in [-0.3, -0.25) is 4.79 Å². The number of amides is 1. The SMILES string of the molecule is CCCCCCCC/C=C\CCCCCCCCCCCC(=O)NC(COC1OC(CO)C(O)C(O)C1O)C(O)/C=C/CC/C=C/CC/C=C/CCCCCCCCCCCCCCCCCCCCCC. The van der Waals surface area contributed by atoms with Gasteiger partial charge in [-0.1, -0.05) is 262 Å². The number of carbonyl (C=O) groups excluding carboxylic acids is 1. The Morgan fingerprint density at radius 1 is 0.458 bits per heavy atom. The van der Waals surface area contributed by atoms with Crippen LogP contribution in [0.1, 0.15) is 290 Å². The van der Waals surface area contributed by atoms with Crippen molar-refractivity contribution in [1.29, 1.82) is 0 Å². The molecular weight excluding hydrogens is 899 g/mol. The predicted molar refractivity (Wildman–Crippen MR) is 304 cm³/mol. The highest BCUT2D eigenvalue weighted by atomic mass is 16.7. The maximum Gasteiger partial charge on any atom is 0.220 e. The van der Waals surface area contributed by atoms with Crippen LogP contribution in [0.4, 0.5) is 0 Å². The van der Waals surface area contributed by atoms with Crippen LogP contribution in [0.15, 0.2) is 48.6 Å². The first-order chi connectivity index (χ1) is 35.3. The molecule has 1 heterocycles. The van der Waals surface area contributed by atoms with Gasteiger partial charge in [0.05, 0.1) is 25.4 Å². The van der Waals surface area contributed by atoms with Crippen LogP contribution in [0, 0.1) is 0 Å². The van der Waals surface area contributed by atoms with Crippen LogP contribution >= 0.6 is 0 Å². The number of carbonyl (C=O) groups is 1. The van der Waals surface area contributed by atoms with Gasteiger partial charge in [-0.2, -0.15) is 0 Å². The summed E-state index contributed by atoms with van der Waals surface area (Å²) in [6.07, 6.45) is 63.4. The zero-order chi connectivity index (χ0) is 52.2. The van der Waals surface area contributed by atoms with Crippen molar-refractivity contribution in [2.75, 3.05) is 13.2 Å². The number of nitrogens with one attached hydrogen (secondary N) is 1. The molecule has 422 valence electrons. The van der Waals surface area contributed by atoms with Crippen molar-refractivity contribution in [2.24, 2.45) is 0 Å². The Kier molecular flexibility index (Phi) is 49.8. The molecule has 0 aromatic rings. The van der Waals surface area contributed by atoms with Gasteiger partial charge in [-0.25, -0.2) is 0 Å². The van der Waals surface area contributed by atoms with Crippen LogP contribution in [0.5, 0.6) is 0 Å². The number of aliphatic hydroxyl groups excluding tert-OH is 5. The van der Waals surface area contributed by atoms with E-state index in [0.717, 1.165) is 44.9 Å². The van der Waals surface area contributed by atoms with Crippen molar-refractivity contribution < 1.29 is 39.8 Å². The van der Waals surface area contributed by atoms with Gasteiger partial charge in [0.2, 0.25) is 5.91 Å². The Labute approximate surface area is 444 Å². The molecular formula is C63H117NO8. The molecule has 1 saturated heterocycles. The largest absolute Gasteiger partial charge is 0.394 e. The fourth-order valence-electron chi connectivity index (χ4n) is 9.72. The molecule has 1 aliphatic rings. The first kappa shape index (κ1) is 68.2. The van der Waals surface area contributed by atoms with Crippen LogP contribution in [-0.2, 0) is 14.3 Å². The lowest BCUT2D eigenvalue weighted by molar-refractivity contribution is -0.302. The minimum atomic E-state index is -1.58. The number of hydrogen-bond acceptors (Lipinski definition) is 8. The van der Waals surface area contributed by atoms with Gasteiger partial charge >= 0.3 is 0 Å². The summed E-state index contributed by atoms with van der Waals surface area (Å²) in [4.78, 5) is 13.1. The van der Waals surface area contributed by atoms with Crippen LogP contribution in [0.25, 0.3) is 0 Å². The maximum atomic E-state index is 13.1. The number of unbranched alkanes of at least 4 members (excludes halogenated alkanes) is 37. The summed E-state index contributed by atoms with van der Waals surface area (Å²) in [6.45, 7) is 3.78. The van der Waals surface area contributed by atoms with Gasteiger partial charge in [-0.05, 0) is 70.6 Å². The van der Waals surface area contributed by atoms with Crippen LogP contribution in [0.3, 0.4) is 0 Å². The summed E-state index contributed by atoms with van der Waals surface area (Å²) in [5, 5.41) is 54.5. The van der Waals surface area contributed by atoms with Gasteiger partial charge in [0.25, 0.3) is 0 Å². The minimum Gasteiger partial charge on any atom is -0.394 e. The third-order valence-corrected chi connectivity index (χ3v) is 14.6. The molecule has 7 atom stereocenters. The Morgan fingerprint density at radius 3 is 1.17 bits per heavy atom. The summed E-state index contributed by atoms with van der Waals surface area (Å²) >= 11 is 0. The molecule has 0 aromatic carbocycles. The smallest absolute Gasteiger partial charge is 0.220 e. The molecule has 9 nitrogen and oxygen atoms in total. The summed E-state index contributed by atoms with van der Waals surface area (Å²) in [6, 6.07) is -0.831. The minimum absolute atomic E-state index is 0.191. The number of aliphatic hydroxyl groups is 5. The number of allylic oxidation sites excluding steroid dienone is 7. The number of hydrogen-bond donors (Lipinski definition) is 6. The van der Waals surface area contributed by atoms with Crippen molar-refractivity contribution in [3.05, 3.63) is 48.6 Å². The van der Waals surface area contributed by atoms with E-state index in [-0.39, 0.29) is 12.5 Å². The third kappa shape index (κ3) is 41.4. The van der Waals surface area contributed by atoms with E-state index in [2.05, 4.69) is 55.6 Å². The molecule has 7 unspecified atom stereocenters. The van der Waals surface area contributed by atoms with Gasteiger partial charge < -0.3 is 40.3 Å².